The fourth-order valence-electron chi connectivity index (χ4n) is 1.76. The molecular formula is C13H12F2N2O2. The second-order valence-corrected chi connectivity index (χ2v) is 4.03. The molecule has 0 aliphatic rings. The number of rotatable bonds is 4. The highest BCUT2D eigenvalue weighted by Crippen LogP contribution is 2.23. The molecule has 2 aromatic rings. The van der Waals surface area contributed by atoms with Gasteiger partial charge >= 0.3 is 6.09 Å². The average molecular weight is 266 g/mol. The number of aromatic amines is 1. The number of halogens is 2. The molecule has 100 valence electrons. The maximum absolute atomic E-state index is 13.6. The lowest BCUT2D eigenvalue weighted by molar-refractivity contribution is 0.194. The van der Waals surface area contributed by atoms with Crippen LogP contribution in [0, 0.1) is 11.6 Å². The highest BCUT2D eigenvalue weighted by atomic mass is 19.1. The molecule has 1 amide bonds. The van der Waals surface area contributed by atoms with Crippen molar-refractivity contribution in [2.75, 3.05) is 6.54 Å². The molecule has 0 spiro atoms. The Kier molecular flexibility index (Phi) is 3.79. The predicted octanol–water partition coefficient (Wildman–Crippen LogP) is 2.77. The van der Waals surface area contributed by atoms with Crippen molar-refractivity contribution in [1.29, 1.82) is 0 Å². The Morgan fingerprint density at radius 2 is 2.11 bits per heavy atom. The molecule has 0 unspecified atom stereocenters. The van der Waals surface area contributed by atoms with E-state index in [9.17, 15) is 13.6 Å². The summed E-state index contributed by atoms with van der Waals surface area (Å²) in [5, 5.41) is 10.7. The number of carbonyl (C=O) groups is 1. The first-order valence-electron chi connectivity index (χ1n) is 5.66. The molecule has 19 heavy (non-hydrogen) atoms. The molecule has 0 saturated carbocycles. The maximum Gasteiger partial charge on any atom is 0.404 e. The third-order valence-electron chi connectivity index (χ3n) is 2.65. The van der Waals surface area contributed by atoms with Crippen molar-refractivity contribution in [2.24, 2.45) is 0 Å². The van der Waals surface area contributed by atoms with E-state index in [1.807, 2.05) is 0 Å². The van der Waals surface area contributed by atoms with Crippen LogP contribution in [0.15, 0.2) is 30.5 Å². The molecule has 0 aliphatic heterocycles. The number of hydrogen-bond acceptors (Lipinski definition) is 1. The van der Waals surface area contributed by atoms with Gasteiger partial charge < -0.3 is 15.4 Å². The van der Waals surface area contributed by atoms with Gasteiger partial charge in [-0.2, -0.15) is 0 Å². The Hall–Kier alpha value is -2.37. The molecule has 0 bridgehead atoms. The Morgan fingerprint density at radius 1 is 1.32 bits per heavy atom. The fourth-order valence-corrected chi connectivity index (χ4v) is 1.76. The number of amides is 1. The van der Waals surface area contributed by atoms with Crippen LogP contribution in [-0.4, -0.2) is 22.7 Å². The second kappa shape index (κ2) is 5.51. The van der Waals surface area contributed by atoms with E-state index in [4.69, 9.17) is 5.11 Å². The molecule has 1 aromatic carbocycles. The van der Waals surface area contributed by atoms with Crippen LogP contribution in [0.25, 0.3) is 11.3 Å². The molecule has 0 radical (unpaired) electrons. The van der Waals surface area contributed by atoms with Gasteiger partial charge in [0.25, 0.3) is 0 Å². The van der Waals surface area contributed by atoms with E-state index >= 15 is 0 Å². The summed E-state index contributed by atoms with van der Waals surface area (Å²) >= 11 is 0. The normalized spacial score (nSPS) is 10.4. The van der Waals surface area contributed by atoms with E-state index in [-0.39, 0.29) is 12.1 Å². The van der Waals surface area contributed by atoms with Crippen LogP contribution < -0.4 is 5.32 Å². The van der Waals surface area contributed by atoms with E-state index in [2.05, 4.69) is 10.3 Å². The van der Waals surface area contributed by atoms with Crippen molar-refractivity contribution >= 4 is 6.09 Å². The van der Waals surface area contributed by atoms with Crippen LogP contribution in [-0.2, 0) is 6.42 Å². The first-order valence-corrected chi connectivity index (χ1v) is 5.66. The average Bonchev–Trinajstić information content (AvgIpc) is 2.77. The van der Waals surface area contributed by atoms with E-state index in [1.54, 1.807) is 12.3 Å². The van der Waals surface area contributed by atoms with Gasteiger partial charge in [-0.3, -0.25) is 0 Å². The molecule has 6 heteroatoms. The minimum Gasteiger partial charge on any atom is -0.465 e. The van der Waals surface area contributed by atoms with Gasteiger partial charge in [-0.05, 0) is 30.2 Å². The molecule has 1 heterocycles. The first kappa shape index (κ1) is 13.1. The quantitative estimate of drug-likeness (QED) is 0.796. The SMILES string of the molecule is O=C(O)NCCc1c[nH]c(-c2ccc(F)cc2F)c1. The fraction of sp³-hybridized carbons (Fsp3) is 0.154. The molecule has 2 rings (SSSR count). The zero-order chi connectivity index (χ0) is 13.8. The number of carboxylic acid groups (broad SMARTS) is 1. The van der Waals surface area contributed by atoms with Crippen LogP contribution in [0.1, 0.15) is 5.56 Å². The van der Waals surface area contributed by atoms with Crippen molar-refractivity contribution in [1.82, 2.24) is 10.3 Å². The lowest BCUT2D eigenvalue weighted by Gasteiger charge is -2.00. The minimum atomic E-state index is -1.08. The largest absolute Gasteiger partial charge is 0.465 e. The summed E-state index contributed by atoms with van der Waals surface area (Å²) < 4.78 is 26.3. The summed E-state index contributed by atoms with van der Waals surface area (Å²) in [5.74, 6) is -1.27. The third kappa shape index (κ3) is 3.31. The van der Waals surface area contributed by atoms with Crippen LogP contribution >= 0.6 is 0 Å². The zero-order valence-corrected chi connectivity index (χ0v) is 9.91. The Bertz CT molecular complexity index is 596. The van der Waals surface area contributed by atoms with Crippen LogP contribution in [0.2, 0.25) is 0 Å². The van der Waals surface area contributed by atoms with E-state index in [1.165, 1.54) is 12.1 Å². The molecular weight excluding hydrogens is 254 g/mol. The second-order valence-electron chi connectivity index (χ2n) is 4.03. The number of hydrogen-bond donors (Lipinski definition) is 3. The molecule has 0 atom stereocenters. The van der Waals surface area contributed by atoms with Crippen molar-refractivity contribution in [2.45, 2.75) is 6.42 Å². The lowest BCUT2D eigenvalue weighted by atomic mass is 10.1. The van der Waals surface area contributed by atoms with Gasteiger partial charge in [0.1, 0.15) is 11.6 Å². The van der Waals surface area contributed by atoms with E-state index in [0.29, 0.717) is 12.1 Å². The van der Waals surface area contributed by atoms with Crippen molar-refractivity contribution in [3.63, 3.8) is 0 Å². The minimum absolute atomic E-state index is 0.276. The standard InChI is InChI=1S/C13H12F2N2O2/c14-9-1-2-10(11(15)6-9)12-5-8(7-17-12)3-4-16-13(18)19/h1-2,5-7,16-17H,3-4H2,(H,18,19). The summed E-state index contributed by atoms with van der Waals surface area (Å²) in [6.07, 6.45) is 1.08. The Labute approximate surface area is 108 Å². The molecule has 0 saturated heterocycles. The predicted molar refractivity (Wildman–Crippen MR) is 65.9 cm³/mol. The van der Waals surface area contributed by atoms with Gasteiger partial charge in [-0.1, -0.05) is 0 Å². The number of nitrogens with one attached hydrogen (secondary N) is 2. The smallest absolute Gasteiger partial charge is 0.404 e. The van der Waals surface area contributed by atoms with Crippen molar-refractivity contribution in [3.8, 4) is 11.3 Å². The summed E-state index contributed by atoms with van der Waals surface area (Å²) in [7, 11) is 0. The monoisotopic (exact) mass is 266 g/mol. The molecule has 0 fully saturated rings. The lowest BCUT2D eigenvalue weighted by Crippen LogP contribution is -2.23. The first-order chi connectivity index (χ1) is 9.06. The van der Waals surface area contributed by atoms with Gasteiger partial charge in [0.05, 0.1) is 0 Å². The van der Waals surface area contributed by atoms with Gasteiger partial charge in [0.15, 0.2) is 0 Å². The van der Waals surface area contributed by atoms with Gasteiger partial charge in [0.2, 0.25) is 0 Å². The van der Waals surface area contributed by atoms with Crippen LogP contribution in [0.3, 0.4) is 0 Å². The number of aromatic nitrogens is 1. The van der Waals surface area contributed by atoms with Crippen molar-refractivity contribution < 1.29 is 18.7 Å². The van der Waals surface area contributed by atoms with Crippen molar-refractivity contribution in [3.05, 3.63) is 47.7 Å². The Balaban J connectivity index is 2.10. The third-order valence-corrected chi connectivity index (χ3v) is 2.65. The summed E-state index contributed by atoms with van der Waals surface area (Å²) in [5.41, 5.74) is 1.65. The zero-order valence-electron chi connectivity index (χ0n) is 9.91. The maximum atomic E-state index is 13.6. The Morgan fingerprint density at radius 3 is 2.79 bits per heavy atom. The van der Waals surface area contributed by atoms with Gasteiger partial charge in [-0.25, -0.2) is 13.6 Å². The summed E-state index contributed by atoms with van der Waals surface area (Å²) in [6.45, 7) is 0.276. The number of H-pyrrole nitrogens is 1. The summed E-state index contributed by atoms with van der Waals surface area (Å²) in [6, 6.07) is 5.07. The summed E-state index contributed by atoms with van der Waals surface area (Å²) in [4.78, 5) is 13.2. The van der Waals surface area contributed by atoms with Crippen LogP contribution in [0.5, 0.6) is 0 Å². The molecule has 1 aromatic heterocycles. The topological polar surface area (TPSA) is 65.1 Å². The number of benzene rings is 1. The van der Waals surface area contributed by atoms with Gasteiger partial charge in [0, 0.05) is 30.1 Å². The van der Waals surface area contributed by atoms with Gasteiger partial charge in [-0.15, -0.1) is 0 Å². The van der Waals surface area contributed by atoms with Crippen LogP contribution in [0.4, 0.5) is 13.6 Å². The highest BCUT2D eigenvalue weighted by Gasteiger charge is 2.08. The molecule has 0 aliphatic carbocycles. The van der Waals surface area contributed by atoms with E-state index in [0.717, 1.165) is 11.6 Å². The highest BCUT2D eigenvalue weighted by molar-refractivity contribution is 5.64. The molecule has 3 N–H and O–H groups in total. The van der Waals surface area contributed by atoms with E-state index < -0.39 is 17.7 Å². The molecule has 4 nitrogen and oxygen atoms in total.